The van der Waals surface area contributed by atoms with Gasteiger partial charge in [0.1, 0.15) is 11.5 Å². The molecule has 0 bridgehead atoms. The lowest BCUT2D eigenvalue weighted by atomic mass is 10.1. The van der Waals surface area contributed by atoms with Gasteiger partial charge in [-0.15, -0.1) is 0 Å². The van der Waals surface area contributed by atoms with Crippen molar-refractivity contribution in [3.05, 3.63) is 23.7 Å². The van der Waals surface area contributed by atoms with Gasteiger partial charge in [-0.1, -0.05) is 13.3 Å². The molecule has 0 aliphatic rings. The summed E-state index contributed by atoms with van der Waals surface area (Å²) in [7, 11) is 0. The minimum Gasteiger partial charge on any atom is -0.464 e. The van der Waals surface area contributed by atoms with E-state index in [1.54, 1.807) is 0 Å². The van der Waals surface area contributed by atoms with Gasteiger partial charge < -0.3 is 15.9 Å². The van der Waals surface area contributed by atoms with Gasteiger partial charge in [0.05, 0.1) is 6.04 Å². The van der Waals surface area contributed by atoms with Gasteiger partial charge in [-0.3, -0.25) is 0 Å². The van der Waals surface area contributed by atoms with Crippen LogP contribution >= 0.6 is 0 Å². The monoisotopic (exact) mass is 196 g/mol. The smallest absolute Gasteiger partial charge is 0.120 e. The van der Waals surface area contributed by atoms with Crippen molar-refractivity contribution in [2.75, 3.05) is 6.54 Å². The number of furan rings is 1. The molecular weight excluding hydrogens is 176 g/mol. The molecule has 0 radical (unpaired) electrons. The van der Waals surface area contributed by atoms with Crippen LogP contribution in [0, 0.1) is 0 Å². The predicted octanol–water partition coefficient (Wildman–Crippen LogP) is 1.97. The van der Waals surface area contributed by atoms with Crippen LogP contribution in [0.25, 0.3) is 0 Å². The van der Waals surface area contributed by atoms with Crippen LogP contribution < -0.4 is 11.5 Å². The van der Waals surface area contributed by atoms with E-state index in [-0.39, 0.29) is 6.04 Å². The van der Waals surface area contributed by atoms with Gasteiger partial charge in [-0.25, -0.2) is 0 Å². The van der Waals surface area contributed by atoms with Gasteiger partial charge in [0, 0.05) is 6.42 Å². The van der Waals surface area contributed by atoms with Gasteiger partial charge >= 0.3 is 0 Å². The van der Waals surface area contributed by atoms with Crippen molar-refractivity contribution in [3.63, 3.8) is 0 Å². The molecule has 80 valence electrons. The Labute approximate surface area is 85.5 Å². The summed E-state index contributed by atoms with van der Waals surface area (Å²) in [6.45, 7) is 2.81. The summed E-state index contributed by atoms with van der Waals surface area (Å²) in [5.41, 5.74) is 11.4. The normalized spacial score (nSPS) is 13.1. The predicted molar refractivity (Wildman–Crippen MR) is 57.9 cm³/mol. The van der Waals surface area contributed by atoms with Crippen molar-refractivity contribution in [1.82, 2.24) is 0 Å². The molecule has 0 saturated heterocycles. The maximum atomic E-state index is 5.97. The fourth-order valence-corrected chi connectivity index (χ4v) is 1.43. The average molecular weight is 196 g/mol. The van der Waals surface area contributed by atoms with Gasteiger partial charge in [-0.05, 0) is 31.5 Å². The Balaban J connectivity index is 2.39. The molecular formula is C11H20N2O. The molecule has 3 nitrogen and oxygen atoms in total. The van der Waals surface area contributed by atoms with Gasteiger partial charge in [0.15, 0.2) is 0 Å². The van der Waals surface area contributed by atoms with E-state index in [1.807, 2.05) is 12.1 Å². The molecule has 0 aromatic carbocycles. The summed E-state index contributed by atoms with van der Waals surface area (Å²) in [6, 6.07) is 4.01. The van der Waals surface area contributed by atoms with E-state index in [9.17, 15) is 0 Å². The molecule has 1 rings (SSSR count). The minimum absolute atomic E-state index is 0.0295. The number of hydrogen-bond acceptors (Lipinski definition) is 3. The lowest BCUT2D eigenvalue weighted by Crippen LogP contribution is -2.10. The Morgan fingerprint density at radius 2 is 2.14 bits per heavy atom. The zero-order valence-corrected chi connectivity index (χ0v) is 8.83. The SMILES string of the molecule is CCc1ccc([C@@H](N)CCCCN)o1. The van der Waals surface area contributed by atoms with Crippen LogP contribution in [0.4, 0.5) is 0 Å². The first kappa shape index (κ1) is 11.3. The first-order valence-electron chi connectivity index (χ1n) is 5.32. The Hall–Kier alpha value is -0.800. The highest BCUT2D eigenvalue weighted by Gasteiger charge is 2.09. The standard InChI is InChI=1S/C11H20N2O/c1-2-9-6-7-11(14-9)10(13)5-3-4-8-12/h6-7,10H,2-5,8,12-13H2,1H3/t10-/m0/s1. The Morgan fingerprint density at radius 1 is 1.36 bits per heavy atom. The first-order chi connectivity index (χ1) is 6.77. The number of rotatable bonds is 6. The van der Waals surface area contributed by atoms with Crippen LogP contribution in [0.3, 0.4) is 0 Å². The summed E-state index contributed by atoms with van der Waals surface area (Å²) in [6.07, 6.45) is 3.98. The molecule has 0 fully saturated rings. The van der Waals surface area contributed by atoms with Crippen molar-refractivity contribution in [1.29, 1.82) is 0 Å². The third-order valence-electron chi connectivity index (χ3n) is 2.37. The molecule has 3 heteroatoms. The van der Waals surface area contributed by atoms with Crippen molar-refractivity contribution >= 4 is 0 Å². The Morgan fingerprint density at radius 3 is 2.71 bits per heavy atom. The average Bonchev–Trinajstić information content (AvgIpc) is 2.66. The minimum atomic E-state index is 0.0295. The van der Waals surface area contributed by atoms with Crippen LogP contribution in [0.5, 0.6) is 0 Å². The van der Waals surface area contributed by atoms with Crippen LogP contribution in [-0.4, -0.2) is 6.54 Å². The van der Waals surface area contributed by atoms with Gasteiger partial charge in [-0.2, -0.15) is 0 Å². The lowest BCUT2D eigenvalue weighted by Gasteiger charge is -2.07. The lowest BCUT2D eigenvalue weighted by molar-refractivity contribution is 0.419. The van der Waals surface area contributed by atoms with Crippen molar-refractivity contribution in [2.24, 2.45) is 11.5 Å². The molecule has 1 atom stereocenters. The molecule has 14 heavy (non-hydrogen) atoms. The number of aryl methyl sites for hydroxylation is 1. The molecule has 0 saturated carbocycles. The van der Waals surface area contributed by atoms with Gasteiger partial charge in [0.25, 0.3) is 0 Å². The van der Waals surface area contributed by atoms with Crippen LogP contribution in [0.1, 0.15) is 43.7 Å². The second kappa shape index (κ2) is 5.83. The second-order valence-corrected chi connectivity index (χ2v) is 3.55. The zero-order chi connectivity index (χ0) is 10.4. The highest BCUT2D eigenvalue weighted by atomic mass is 16.3. The number of hydrogen-bond donors (Lipinski definition) is 2. The molecule has 0 amide bonds. The maximum Gasteiger partial charge on any atom is 0.120 e. The van der Waals surface area contributed by atoms with E-state index in [0.29, 0.717) is 0 Å². The van der Waals surface area contributed by atoms with Crippen LogP contribution in [0.2, 0.25) is 0 Å². The van der Waals surface area contributed by atoms with Crippen LogP contribution in [-0.2, 0) is 6.42 Å². The van der Waals surface area contributed by atoms with E-state index in [4.69, 9.17) is 15.9 Å². The Bertz CT molecular complexity index is 258. The van der Waals surface area contributed by atoms with E-state index in [0.717, 1.165) is 43.7 Å². The van der Waals surface area contributed by atoms with Crippen molar-refractivity contribution in [2.45, 2.75) is 38.6 Å². The Kier molecular flexibility index (Phi) is 4.70. The highest BCUT2D eigenvalue weighted by molar-refractivity contribution is 5.10. The molecule has 0 unspecified atom stereocenters. The fourth-order valence-electron chi connectivity index (χ4n) is 1.43. The summed E-state index contributed by atoms with van der Waals surface area (Å²) < 4.78 is 5.57. The van der Waals surface area contributed by atoms with Crippen molar-refractivity contribution in [3.8, 4) is 0 Å². The molecule has 1 aromatic rings. The third-order valence-corrected chi connectivity index (χ3v) is 2.37. The van der Waals surface area contributed by atoms with E-state index in [1.165, 1.54) is 0 Å². The number of unbranched alkanes of at least 4 members (excludes halogenated alkanes) is 1. The fraction of sp³-hybridized carbons (Fsp3) is 0.636. The largest absolute Gasteiger partial charge is 0.464 e. The molecule has 0 aliphatic heterocycles. The first-order valence-corrected chi connectivity index (χ1v) is 5.32. The summed E-state index contributed by atoms with van der Waals surface area (Å²) in [4.78, 5) is 0. The van der Waals surface area contributed by atoms with Gasteiger partial charge in [0.2, 0.25) is 0 Å². The molecule has 0 spiro atoms. The summed E-state index contributed by atoms with van der Waals surface area (Å²) in [5.74, 6) is 1.91. The van der Waals surface area contributed by atoms with Crippen molar-refractivity contribution < 1.29 is 4.42 Å². The summed E-state index contributed by atoms with van der Waals surface area (Å²) in [5, 5.41) is 0. The van der Waals surface area contributed by atoms with E-state index < -0.39 is 0 Å². The summed E-state index contributed by atoms with van der Waals surface area (Å²) >= 11 is 0. The quantitative estimate of drug-likeness (QED) is 0.684. The van der Waals surface area contributed by atoms with E-state index >= 15 is 0 Å². The maximum absolute atomic E-state index is 5.97. The topological polar surface area (TPSA) is 65.2 Å². The van der Waals surface area contributed by atoms with Crippen LogP contribution in [0.15, 0.2) is 16.5 Å². The zero-order valence-electron chi connectivity index (χ0n) is 8.83. The molecule has 1 heterocycles. The second-order valence-electron chi connectivity index (χ2n) is 3.55. The molecule has 1 aromatic heterocycles. The number of nitrogens with two attached hydrogens (primary N) is 2. The highest BCUT2D eigenvalue weighted by Crippen LogP contribution is 2.19. The van der Waals surface area contributed by atoms with E-state index in [2.05, 4.69) is 6.92 Å². The third kappa shape index (κ3) is 3.16. The molecule has 4 N–H and O–H groups in total. The molecule has 0 aliphatic carbocycles.